The zero-order valence-corrected chi connectivity index (χ0v) is 15.7. The van der Waals surface area contributed by atoms with Crippen molar-refractivity contribution in [1.82, 2.24) is 9.80 Å². The van der Waals surface area contributed by atoms with Crippen LogP contribution in [0.3, 0.4) is 0 Å². The van der Waals surface area contributed by atoms with Crippen molar-refractivity contribution in [3.05, 3.63) is 53.7 Å². The molecule has 0 aliphatic carbocycles. The third kappa shape index (κ3) is 4.48. The number of carbonyl (C=O) groups excluding carboxylic acids is 1. The summed E-state index contributed by atoms with van der Waals surface area (Å²) in [5.41, 5.74) is -0.134. The van der Waals surface area contributed by atoms with Gasteiger partial charge in [0.2, 0.25) is 0 Å². The van der Waals surface area contributed by atoms with Crippen molar-refractivity contribution in [2.45, 2.75) is 31.5 Å². The Labute approximate surface area is 158 Å². The van der Waals surface area contributed by atoms with Crippen molar-refractivity contribution < 1.29 is 23.4 Å². The largest absolute Gasteiger partial charge is 0.497 e. The van der Waals surface area contributed by atoms with E-state index in [1.807, 2.05) is 18.0 Å². The van der Waals surface area contributed by atoms with E-state index in [2.05, 4.69) is 0 Å². The smallest absolute Gasteiger partial charge is 0.256 e. The Morgan fingerprint density at radius 2 is 2.22 bits per heavy atom. The van der Waals surface area contributed by atoms with Crippen LogP contribution in [0.2, 0.25) is 0 Å². The van der Waals surface area contributed by atoms with E-state index < -0.39 is 11.4 Å². The minimum atomic E-state index is -1.48. The molecule has 0 saturated carbocycles. The van der Waals surface area contributed by atoms with Crippen LogP contribution in [0.15, 0.2) is 41.2 Å². The summed E-state index contributed by atoms with van der Waals surface area (Å²) in [6, 6.07) is 6.30. The molecule has 1 aliphatic rings. The van der Waals surface area contributed by atoms with Gasteiger partial charge in [0.1, 0.15) is 11.6 Å². The fourth-order valence-electron chi connectivity index (χ4n) is 3.56. The molecule has 7 heteroatoms. The zero-order valence-electron chi connectivity index (χ0n) is 15.7. The number of piperidine rings is 1. The predicted octanol–water partition coefficient (Wildman–Crippen LogP) is 2.41. The van der Waals surface area contributed by atoms with Crippen LogP contribution in [0.25, 0.3) is 0 Å². The quantitative estimate of drug-likeness (QED) is 0.804. The van der Waals surface area contributed by atoms with Gasteiger partial charge in [0.05, 0.1) is 19.6 Å². The Balaban J connectivity index is 1.69. The van der Waals surface area contributed by atoms with Crippen LogP contribution in [0, 0.1) is 5.82 Å². The number of benzene rings is 1. The summed E-state index contributed by atoms with van der Waals surface area (Å²) in [5.74, 6) is -0.226. The number of likely N-dealkylation sites (N-methyl/N-ethyl adjacent to an activating group) is 1. The maximum Gasteiger partial charge on any atom is 0.256 e. The highest BCUT2D eigenvalue weighted by molar-refractivity contribution is 5.86. The van der Waals surface area contributed by atoms with Gasteiger partial charge >= 0.3 is 0 Å². The number of ether oxygens (including phenoxy) is 1. The number of rotatable bonds is 7. The lowest BCUT2D eigenvalue weighted by Crippen LogP contribution is -2.57. The van der Waals surface area contributed by atoms with Crippen LogP contribution in [0.1, 0.15) is 24.0 Å². The van der Waals surface area contributed by atoms with E-state index in [1.165, 1.54) is 24.1 Å². The number of hydrogen-bond donors (Lipinski definition) is 1. The van der Waals surface area contributed by atoms with Crippen LogP contribution in [0.5, 0.6) is 5.75 Å². The van der Waals surface area contributed by atoms with Crippen molar-refractivity contribution in [3.8, 4) is 5.75 Å². The normalized spacial score (nSPS) is 20.3. The number of aliphatic hydroxyl groups is 1. The van der Waals surface area contributed by atoms with Gasteiger partial charge in [0, 0.05) is 37.3 Å². The Hall–Kier alpha value is -2.38. The highest BCUT2D eigenvalue weighted by Crippen LogP contribution is 2.27. The average Bonchev–Trinajstić information content (AvgIpc) is 3.13. The molecule has 6 nitrogen and oxygen atoms in total. The molecule has 2 heterocycles. The average molecular weight is 376 g/mol. The van der Waals surface area contributed by atoms with E-state index in [-0.39, 0.29) is 19.0 Å². The first-order valence-corrected chi connectivity index (χ1v) is 8.95. The fraction of sp³-hybridized carbons (Fsp3) is 0.450. The number of nitrogens with zero attached hydrogens (tertiary/aromatic N) is 2. The van der Waals surface area contributed by atoms with Gasteiger partial charge in [-0.05, 0) is 44.2 Å². The SMILES string of the molecule is COc1ccc(F)c(CN2CCCC(O)(CN(C)Cc3ccoc3)C2=O)c1. The first-order chi connectivity index (χ1) is 12.9. The van der Waals surface area contributed by atoms with E-state index in [0.717, 1.165) is 5.56 Å². The minimum Gasteiger partial charge on any atom is -0.497 e. The van der Waals surface area contributed by atoms with Gasteiger partial charge < -0.3 is 19.2 Å². The number of methoxy groups -OCH3 is 1. The molecule has 1 saturated heterocycles. The highest BCUT2D eigenvalue weighted by Gasteiger charge is 2.43. The molecule has 1 N–H and O–H groups in total. The first-order valence-electron chi connectivity index (χ1n) is 8.95. The van der Waals surface area contributed by atoms with Crippen molar-refractivity contribution in [2.75, 3.05) is 27.2 Å². The molecular weight excluding hydrogens is 351 g/mol. The Morgan fingerprint density at radius 3 is 2.93 bits per heavy atom. The monoisotopic (exact) mass is 376 g/mol. The molecule has 0 spiro atoms. The summed E-state index contributed by atoms with van der Waals surface area (Å²) in [4.78, 5) is 16.3. The Kier molecular flexibility index (Phi) is 5.82. The van der Waals surface area contributed by atoms with E-state index >= 15 is 0 Å². The number of likely N-dealkylation sites (tertiary alicyclic amines) is 1. The van der Waals surface area contributed by atoms with Crippen molar-refractivity contribution in [3.63, 3.8) is 0 Å². The molecule has 1 aliphatic heterocycles. The predicted molar refractivity (Wildman–Crippen MR) is 97.6 cm³/mol. The third-order valence-corrected chi connectivity index (χ3v) is 4.88. The molecule has 1 aromatic heterocycles. The number of carbonyl (C=O) groups is 1. The fourth-order valence-corrected chi connectivity index (χ4v) is 3.56. The summed E-state index contributed by atoms with van der Waals surface area (Å²) in [6.45, 7) is 1.36. The van der Waals surface area contributed by atoms with E-state index in [0.29, 0.717) is 37.2 Å². The molecular formula is C20H25FN2O4. The summed E-state index contributed by atoms with van der Waals surface area (Å²) < 4.78 is 24.3. The van der Waals surface area contributed by atoms with Crippen LogP contribution < -0.4 is 4.74 Å². The second-order valence-corrected chi connectivity index (χ2v) is 7.12. The summed E-state index contributed by atoms with van der Waals surface area (Å²) in [7, 11) is 3.36. The molecule has 3 rings (SSSR count). The Morgan fingerprint density at radius 1 is 1.41 bits per heavy atom. The molecule has 1 fully saturated rings. The molecule has 27 heavy (non-hydrogen) atoms. The number of halogens is 1. The lowest BCUT2D eigenvalue weighted by molar-refractivity contribution is -0.160. The minimum absolute atomic E-state index is 0.107. The second kappa shape index (κ2) is 8.10. The molecule has 0 bridgehead atoms. The van der Waals surface area contributed by atoms with Gasteiger partial charge in [0.25, 0.3) is 5.91 Å². The van der Waals surface area contributed by atoms with Crippen LogP contribution in [-0.4, -0.2) is 53.7 Å². The number of hydrogen-bond acceptors (Lipinski definition) is 5. The molecule has 1 atom stereocenters. The van der Waals surface area contributed by atoms with Crippen molar-refractivity contribution in [2.24, 2.45) is 0 Å². The molecule has 0 radical (unpaired) electrons. The third-order valence-electron chi connectivity index (χ3n) is 4.88. The van der Waals surface area contributed by atoms with Crippen molar-refractivity contribution in [1.29, 1.82) is 0 Å². The van der Waals surface area contributed by atoms with Gasteiger partial charge in [-0.3, -0.25) is 9.69 Å². The summed E-state index contributed by atoms with van der Waals surface area (Å²) >= 11 is 0. The van der Waals surface area contributed by atoms with Crippen LogP contribution >= 0.6 is 0 Å². The maximum absolute atomic E-state index is 14.1. The number of furan rings is 1. The highest BCUT2D eigenvalue weighted by atomic mass is 19.1. The number of amides is 1. The molecule has 1 aromatic carbocycles. The topological polar surface area (TPSA) is 66.2 Å². The van der Waals surface area contributed by atoms with Gasteiger partial charge in [0.15, 0.2) is 5.60 Å². The van der Waals surface area contributed by atoms with E-state index in [9.17, 15) is 14.3 Å². The van der Waals surface area contributed by atoms with E-state index in [1.54, 1.807) is 18.6 Å². The summed E-state index contributed by atoms with van der Waals surface area (Å²) in [5, 5.41) is 11.0. The molecule has 1 amide bonds. The van der Waals surface area contributed by atoms with Gasteiger partial charge in [-0.1, -0.05) is 0 Å². The van der Waals surface area contributed by atoms with Gasteiger partial charge in [-0.2, -0.15) is 0 Å². The lowest BCUT2D eigenvalue weighted by Gasteiger charge is -2.40. The van der Waals surface area contributed by atoms with E-state index in [4.69, 9.17) is 9.15 Å². The molecule has 2 aromatic rings. The second-order valence-electron chi connectivity index (χ2n) is 7.12. The Bertz CT molecular complexity index is 780. The first kappa shape index (κ1) is 19.4. The van der Waals surface area contributed by atoms with Gasteiger partial charge in [-0.25, -0.2) is 4.39 Å². The van der Waals surface area contributed by atoms with Crippen molar-refractivity contribution >= 4 is 5.91 Å². The van der Waals surface area contributed by atoms with Crippen LogP contribution in [0.4, 0.5) is 4.39 Å². The zero-order chi connectivity index (χ0) is 19.4. The molecule has 146 valence electrons. The van der Waals surface area contributed by atoms with Crippen LogP contribution in [-0.2, 0) is 17.9 Å². The van der Waals surface area contributed by atoms with Gasteiger partial charge in [-0.15, -0.1) is 0 Å². The summed E-state index contributed by atoms with van der Waals surface area (Å²) in [6.07, 6.45) is 4.28. The lowest BCUT2D eigenvalue weighted by atomic mass is 9.90. The maximum atomic E-state index is 14.1. The molecule has 1 unspecified atom stereocenters. The standard InChI is InChI=1S/C20H25FN2O4/c1-22(11-15-6-9-27-13-15)14-20(25)7-3-8-23(19(20)24)12-16-10-17(26-2)4-5-18(16)21/h4-6,9-10,13,25H,3,7-8,11-12,14H2,1-2H3.